The van der Waals surface area contributed by atoms with Gasteiger partial charge >= 0.3 is 5.97 Å². The molecule has 2 heterocycles. The molecule has 0 fully saturated rings. The maximum absolute atomic E-state index is 12.5. The second-order valence-electron chi connectivity index (χ2n) is 6.46. The van der Waals surface area contributed by atoms with Crippen molar-refractivity contribution in [2.24, 2.45) is 0 Å². The summed E-state index contributed by atoms with van der Waals surface area (Å²) in [6.07, 6.45) is 1.48. The predicted molar refractivity (Wildman–Crippen MR) is 111 cm³/mol. The molecule has 3 rings (SSSR count). The minimum absolute atomic E-state index is 0.0780. The average molecular weight is 452 g/mol. The summed E-state index contributed by atoms with van der Waals surface area (Å²) < 4.78 is 8.71. The fourth-order valence-corrected chi connectivity index (χ4v) is 3.18. The molecule has 1 aromatic carbocycles. The highest BCUT2D eigenvalue weighted by Crippen LogP contribution is 2.28. The Morgan fingerprint density at radius 3 is 2.67 bits per heavy atom. The molecule has 0 aliphatic heterocycles. The van der Waals surface area contributed by atoms with Crippen molar-refractivity contribution in [2.45, 2.75) is 33.5 Å². The number of hydrogen-bond acceptors (Lipinski definition) is 5. The van der Waals surface area contributed by atoms with Gasteiger partial charge in [-0.3, -0.25) is 14.3 Å². The number of aryl methyl sites for hydroxylation is 2. The van der Waals surface area contributed by atoms with Crippen LogP contribution in [-0.4, -0.2) is 36.5 Å². The van der Waals surface area contributed by atoms with Crippen LogP contribution < -0.4 is 10.1 Å². The van der Waals surface area contributed by atoms with Crippen LogP contribution in [0, 0.1) is 13.8 Å². The number of carbonyl (C=O) groups is 2. The first-order chi connectivity index (χ1) is 14.2. The number of carbonyl (C=O) groups excluding carboxylic acids is 1. The van der Waals surface area contributed by atoms with Gasteiger partial charge in [0.15, 0.2) is 12.4 Å². The van der Waals surface area contributed by atoms with Crippen molar-refractivity contribution in [2.75, 3.05) is 5.32 Å². The number of carboxylic acids is 1. The Balaban J connectivity index is 1.67. The largest absolute Gasteiger partial charge is 0.481 e. The van der Waals surface area contributed by atoms with E-state index in [-0.39, 0.29) is 25.4 Å². The van der Waals surface area contributed by atoms with Crippen molar-refractivity contribution in [3.05, 3.63) is 57.6 Å². The standard InChI is InChI=1S/C19H19Cl2N5O4/c1-11-18(22-19(29)15-5-7-25(24-15)8-6-17(27)28)12(2)26(23-11)10-30-16-4-3-13(20)9-14(16)21/h3-5,7,9H,6,8,10H2,1-2H3,(H,22,29)(H,27,28). The normalized spacial score (nSPS) is 10.8. The number of halogens is 2. The van der Waals surface area contributed by atoms with Crippen molar-refractivity contribution < 1.29 is 19.4 Å². The number of nitrogens with zero attached hydrogens (tertiary/aromatic N) is 4. The molecule has 0 spiro atoms. The molecule has 2 N–H and O–H groups in total. The third kappa shape index (κ3) is 5.11. The number of anilines is 1. The van der Waals surface area contributed by atoms with Gasteiger partial charge in [0.1, 0.15) is 5.75 Å². The third-order valence-electron chi connectivity index (χ3n) is 4.28. The first kappa shape index (κ1) is 21.7. The van der Waals surface area contributed by atoms with Crippen molar-refractivity contribution in [1.82, 2.24) is 19.6 Å². The summed E-state index contributed by atoms with van der Waals surface area (Å²) in [6, 6.07) is 6.45. The minimum Gasteiger partial charge on any atom is -0.481 e. The van der Waals surface area contributed by atoms with Crippen molar-refractivity contribution in [3.8, 4) is 5.75 Å². The Bertz CT molecular complexity index is 1090. The summed E-state index contributed by atoms with van der Waals surface area (Å²) in [4.78, 5) is 23.2. The Kier molecular flexibility index (Phi) is 6.63. The molecule has 0 atom stereocenters. The summed E-state index contributed by atoms with van der Waals surface area (Å²) in [6.45, 7) is 3.84. The second-order valence-corrected chi connectivity index (χ2v) is 7.30. The van der Waals surface area contributed by atoms with Gasteiger partial charge in [-0.1, -0.05) is 23.2 Å². The van der Waals surface area contributed by atoms with Gasteiger partial charge in [0.05, 0.1) is 35.1 Å². The molecule has 0 aliphatic rings. The van der Waals surface area contributed by atoms with Gasteiger partial charge in [-0.25, -0.2) is 4.68 Å². The van der Waals surface area contributed by atoms with Gasteiger partial charge < -0.3 is 15.2 Å². The zero-order chi connectivity index (χ0) is 21.8. The molecule has 158 valence electrons. The molecule has 2 aromatic heterocycles. The van der Waals surface area contributed by atoms with Gasteiger partial charge in [-0.05, 0) is 38.1 Å². The number of aliphatic carboxylic acids is 1. The molecule has 0 radical (unpaired) electrons. The summed E-state index contributed by atoms with van der Waals surface area (Å²) >= 11 is 12.0. The topological polar surface area (TPSA) is 111 Å². The van der Waals surface area contributed by atoms with Crippen LogP contribution >= 0.6 is 23.2 Å². The Morgan fingerprint density at radius 2 is 1.97 bits per heavy atom. The molecule has 0 saturated carbocycles. The number of benzene rings is 1. The van der Waals surface area contributed by atoms with E-state index in [2.05, 4.69) is 15.5 Å². The van der Waals surface area contributed by atoms with Crippen LogP contribution in [0.15, 0.2) is 30.5 Å². The average Bonchev–Trinajstić information content (AvgIpc) is 3.26. The number of aromatic nitrogens is 4. The van der Waals surface area contributed by atoms with Crippen molar-refractivity contribution in [1.29, 1.82) is 0 Å². The maximum Gasteiger partial charge on any atom is 0.305 e. The van der Waals surface area contributed by atoms with Gasteiger partial charge in [0, 0.05) is 11.2 Å². The van der Waals surface area contributed by atoms with Gasteiger partial charge in [0.25, 0.3) is 5.91 Å². The maximum atomic E-state index is 12.5. The molecular weight excluding hydrogens is 433 g/mol. The number of amides is 1. The van der Waals surface area contributed by atoms with Crippen LogP contribution in [0.4, 0.5) is 5.69 Å². The van der Waals surface area contributed by atoms with Crippen LogP contribution in [0.5, 0.6) is 5.75 Å². The van der Waals surface area contributed by atoms with E-state index >= 15 is 0 Å². The molecular formula is C19H19Cl2N5O4. The molecule has 0 bridgehead atoms. The monoisotopic (exact) mass is 451 g/mol. The van der Waals surface area contributed by atoms with E-state index in [1.165, 1.54) is 10.7 Å². The van der Waals surface area contributed by atoms with Crippen LogP contribution in [0.1, 0.15) is 28.3 Å². The highest BCUT2D eigenvalue weighted by molar-refractivity contribution is 6.35. The predicted octanol–water partition coefficient (Wildman–Crippen LogP) is 3.77. The lowest BCUT2D eigenvalue weighted by atomic mass is 10.3. The number of carboxylic acid groups (broad SMARTS) is 1. The first-order valence-electron chi connectivity index (χ1n) is 8.93. The highest BCUT2D eigenvalue weighted by Gasteiger charge is 2.17. The van der Waals surface area contributed by atoms with Crippen LogP contribution in [0.2, 0.25) is 10.0 Å². The van der Waals surface area contributed by atoms with E-state index < -0.39 is 11.9 Å². The van der Waals surface area contributed by atoms with Gasteiger partial charge in [-0.2, -0.15) is 10.2 Å². The Hall–Kier alpha value is -3.04. The van der Waals surface area contributed by atoms with E-state index in [0.29, 0.717) is 32.9 Å². The quantitative estimate of drug-likeness (QED) is 0.538. The van der Waals surface area contributed by atoms with E-state index in [1.54, 1.807) is 42.9 Å². The fraction of sp³-hybridized carbons (Fsp3) is 0.263. The summed E-state index contributed by atoms with van der Waals surface area (Å²) in [7, 11) is 0. The second kappa shape index (κ2) is 9.19. The molecule has 3 aromatic rings. The van der Waals surface area contributed by atoms with Crippen molar-refractivity contribution >= 4 is 40.8 Å². The lowest BCUT2D eigenvalue weighted by Gasteiger charge is -2.10. The zero-order valence-corrected chi connectivity index (χ0v) is 17.7. The first-order valence-corrected chi connectivity index (χ1v) is 9.68. The fourth-order valence-electron chi connectivity index (χ4n) is 2.72. The Labute approximate surface area is 182 Å². The summed E-state index contributed by atoms with van der Waals surface area (Å²) in [5.74, 6) is -0.889. The smallest absolute Gasteiger partial charge is 0.305 e. The van der Waals surface area contributed by atoms with Crippen LogP contribution in [-0.2, 0) is 18.1 Å². The van der Waals surface area contributed by atoms with Crippen LogP contribution in [0.25, 0.3) is 0 Å². The SMILES string of the molecule is Cc1nn(COc2ccc(Cl)cc2Cl)c(C)c1NC(=O)c1ccn(CCC(=O)O)n1. The molecule has 0 saturated heterocycles. The van der Waals surface area contributed by atoms with Gasteiger partial charge in [-0.15, -0.1) is 0 Å². The van der Waals surface area contributed by atoms with Gasteiger partial charge in [0.2, 0.25) is 0 Å². The summed E-state index contributed by atoms with van der Waals surface area (Å²) in [5, 5.41) is 20.9. The zero-order valence-electron chi connectivity index (χ0n) is 16.2. The molecule has 0 unspecified atom stereocenters. The molecule has 11 heteroatoms. The van der Waals surface area contributed by atoms with E-state index in [9.17, 15) is 9.59 Å². The van der Waals surface area contributed by atoms with E-state index in [0.717, 1.165) is 0 Å². The lowest BCUT2D eigenvalue weighted by Crippen LogP contribution is -2.15. The number of hydrogen-bond donors (Lipinski definition) is 2. The lowest BCUT2D eigenvalue weighted by molar-refractivity contribution is -0.137. The van der Waals surface area contributed by atoms with Crippen molar-refractivity contribution in [3.63, 3.8) is 0 Å². The molecule has 0 aliphatic carbocycles. The molecule has 30 heavy (non-hydrogen) atoms. The molecule has 9 nitrogen and oxygen atoms in total. The number of nitrogens with one attached hydrogen (secondary N) is 1. The number of ether oxygens (including phenoxy) is 1. The molecule has 1 amide bonds. The van der Waals surface area contributed by atoms with Crippen LogP contribution in [0.3, 0.4) is 0 Å². The van der Waals surface area contributed by atoms with E-state index in [1.807, 2.05) is 0 Å². The van der Waals surface area contributed by atoms with E-state index in [4.69, 9.17) is 33.0 Å². The number of rotatable bonds is 8. The Morgan fingerprint density at radius 1 is 1.20 bits per heavy atom. The summed E-state index contributed by atoms with van der Waals surface area (Å²) in [5.41, 5.74) is 2.02. The minimum atomic E-state index is -0.933. The highest BCUT2D eigenvalue weighted by atomic mass is 35.5. The third-order valence-corrected chi connectivity index (χ3v) is 4.81.